The minimum atomic E-state index is -0.193. The number of aromatic hydroxyl groups is 1. The number of amides is 1. The van der Waals surface area contributed by atoms with Crippen molar-refractivity contribution >= 4 is 71.5 Å². The molecule has 1 atom stereocenters. The first-order valence-corrected chi connectivity index (χ1v) is 12.5. The molecule has 1 aliphatic rings. The molecule has 0 bridgehead atoms. The van der Waals surface area contributed by atoms with Crippen LogP contribution in [0.3, 0.4) is 0 Å². The summed E-state index contributed by atoms with van der Waals surface area (Å²) in [6.07, 6.45) is 5.33. The number of carbonyl (C=O) groups is 1. The predicted octanol–water partition coefficient (Wildman–Crippen LogP) is 5.11. The topological polar surface area (TPSA) is 110 Å². The molecule has 1 amide bonds. The van der Waals surface area contributed by atoms with E-state index in [2.05, 4.69) is 54.8 Å². The fraction of sp³-hybridized carbons (Fsp3) is 0.304. The van der Waals surface area contributed by atoms with E-state index in [4.69, 9.17) is 0 Å². The molecule has 7 nitrogen and oxygen atoms in total. The van der Waals surface area contributed by atoms with Crippen LogP contribution in [0.1, 0.15) is 35.2 Å². The molecule has 0 radical (unpaired) electrons. The highest BCUT2D eigenvalue weighted by molar-refractivity contribution is 9.11. The van der Waals surface area contributed by atoms with Gasteiger partial charge in [0.1, 0.15) is 16.6 Å². The highest BCUT2D eigenvalue weighted by Crippen LogP contribution is 2.37. The normalized spacial score (nSPS) is 15.3. The molecule has 4 rings (SSSR count). The van der Waals surface area contributed by atoms with Crippen molar-refractivity contribution in [2.75, 3.05) is 14.1 Å². The van der Waals surface area contributed by atoms with Gasteiger partial charge in [0.15, 0.2) is 5.82 Å². The largest absolute Gasteiger partial charge is 0.506 e. The molecule has 2 aromatic heterocycles. The van der Waals surface area contributed by atoms with E-state index in [1.54, 1.807) is 43.6 Å². The summed E-state index contributed by atoms with van der Waals surface area (Å²) in [5.41, 5.74) is 1.87. The zero-order valence-electron chi connectivity index (χ0n) is 18.3. The van der Waals surface area contributed by atoms with Crippen molar-refractivity contribution < 1.29 is 9.90 Å². The Morgan fingerprint density at radius 1 is 1.36 bits per heavy atom. The van der Waals surface area contributed by atoms with Crippen molar-refractivity contribution in [3.63, 3.8) is 0 Å². The average molecular weight is 594 g/mol. The molecule has 0 fully saturated rings. The molecule has 0 saturated carbocycles. The van der Waals surface area contributed by atoms with Crippen LogP contribution in [0.2, 0.25) is 0 Å². The van der Waals surface area contributed by atoms with Gasteiger partial charge in [-0.2, -0.15) is 5.26 Å². The van der Waals surface area contributed by atoms with E-state index in [0.29, 0.717) is 30.6 Å². The minimum absolute atomic E-state index is 0.0852. The number of halogens is 2. The quantitative estimate of drug-likeness (QED) is 0.324. The van der Waals surface area contributed by atoms with E-state index in [0.717, 1.165) is 31.2 Å². The predicted molar refractivity (Wildman–Crippen MR) is 138 cm³/mol. The summed E-state index contributed by atoms with van der Waals surface area (Å²) < 4.78 is 1.00. The van der Waals surface area contributed by atoms with Crippen molar-refractivity contribution in [3.05, 3.63) is 53.3 Å². The summed E-state index contributed by atoms with van der Waals surface area (Å²) in [5, 5.41) is 20.2. The summed E-state index contributed by atoms with van der Waals surface area (Å²) in [4.78, 5) is 32.9. The smallest absolute Gasteiger partial charge is 0.260 e. The number of aryl methyl sites for hydroxylation is 1. The molecule has 1 aromatic carbocycles. The van der Waals surface area contributed by atoms with Crippen molar-refractivity contribution in [2.24, 2.45) is 5.92 Å². The van der Waals surface area contributed by atoms with Gasteiger partial charge in [0.2, 0.25) is 6.41 Å². The Kier molecular flexibility index (Phi) is 8.10. The summed E-state index contributed by atoms with van der Waals surface area (Å²) in [6, 6.07) is 5.51. The number of carbonyl (C=O) groups excluding carboxylic acids is 1. The summed E-state index contributed by atoms with van der Waals surface area (Å²) >= 11 is 8.12. The number of benzene rings is 1. The highest BCUT2D eigenvalue weighted by Gasteiger charge is 2.23. The van der Waals surface area contributed by atoms with Crippen molar-refractivity contribution in [1.82, 2.24) is 14.9 Å². The molecule has 0 spiro atoms. The van der Waals surface area contributed by atoms with Crippen LogP contribution in [0.15, 0.2) is 25.9 Å². The number of hydrogen-bond donors (Lipinski definition) is 2. The maximum atomic E-state index is 12.8. The van der Waals surface area contributed by atoms with Gasteiger partial charge in [0.25, 0.3) is 5.56 Å². The zero-order chi connectivity index (χ0) is 24.3. The lowest BCUT2D eigenvalue weighted by Crippen LogP contribution is -2.14. The van der Waals surface area contributed by atoms with Gasteiger partial charge in [-0.1, -0.05) is 6.92 Å². The van der Waals surface area contributed by atoms with Crippen molar-refractivity contribution in [1.29, 1.82) is 5.26 Å². The van der Waals surface area contributed by atoms with Crippen molar-refractivity contribution in [2.45, 2.75) is 26.2 Å². The van der Waals surface area contributed by atoms with Gasteiger partial charge in [-0.3, -0.25) is 9.59 Å². The number of nitrogens with zero attached hydrogens (tertiary/aromatic N) is 3. The second-order valence-electron chi connectivity index (χ2n) is 8.02. The number of nitrogens with one attached hydrogen (secondary N) is 1. The number of hydrogen-bond acceptors (Lipinski definition) is 6. The van der Waals surface area contributed by atoms with E-state index in [-0.39, 0.29) is 22.7 Å². The SMILES string of the molecule is CC1CCc2c(sc3nc(/C(C#N)=C/c4cc(Br)c(O)c(Br)c4)[nH]c(=O)c23)C1.CN(C)C=O. The second-order valence-corrected chi connectivity index (χ2v) is 10.8. The van der Waals surface area contributed by atoms with Gasteiger partial charge >= 0.3 is 0 Å². The molecule has 2 N–H and O–H groups in total. The van der Waals surface area contributed by atoms with Gasteiger partial charge in [0.05, 0.1) is 19.9 Å². The molecular formula is C23H22Br2N4O3S. The van der Waals surface area contributed by atoms with Gasteiger partial charge in [-0.25, -0.2) is 4.98 Å². The standard InChI is InChI=1S/C20H15Br2N3O2S.C3H7NO/c1-9-2-3-12-15(4-9)28-20-16(12)19(27)24-18(25-20)11(8-23)5-10-6-13(21)17(26)14(22)7-10;1-4(2)3-5/h5-7,9,26H,2-4H2,1H3,(H,24,25,27);3H,1-2H3/b11-5+;. The third-order valence-electron chi connectivity index (χ3n) is 5.10. The van der Waals surface area contributed by atoms with Crippen LogP contribution in [0.5, 0.6) is 5.75 Å². The van der Waals surface area contributed by atoms with E-state index >= 15 is 0 Å². The lowest BCUT2D eigenvalue weighted by atomic mass is 9.89. The fourth-order valence-corrected chi connectivity index (χ4v) is 6.07. The molecule has 0 saturated heterocycles. The maximum Gasteiger partial charge on any atom is 0.260 e. The van der Waals surface area contributed by atoms with Gasteiger partial charge in [0, 0.05) is 19.0 Å². The number of nitriles is 1. The monoisotopic (exact) mass is 592 g/mol. The Labute approximate surface area is 212 Å². The number of allylic oxidation sites excluding steroid dienone is 1. The van der Waals surface area contributed by atoms with Crippen molar-refractivity contribution in [3.8, 4) is 11.8 Å². The average Bonchev–Trinajstić information content (AvgIpc) is 3.13. The van der Waals surface area contributed by atoms with E-state index < -0.39 is 0 Å². The first-order valence-electron chi connectivity index (χ1n) is 10.1. The van der Waals surface area contributed by atoms with Gasteiger partial charge < -0.3 is 15.0 Å². The highest BCUT2D eigenvalue weighted by atomic mass is 79.9. The molecule has 0 aliphatic heterocycles. The number of aromatic amines is 1. The van der Waals surface area contributed by atoms with Crippen LogP contribution in [0.4, 0.5) is 0 Å². The van der Waals surface area contributed by atoms with E-state index in [1.807, 2.05) is 0 Å². The fourth-order valence-electron chi connectivity index (χ4n) is 3.47. The Morgan fingerprint density at radius 3 is 2.58 bits per heavy atom. The molecular weight excluding hydrogens is 572 g/mol. The molecule has 2 heterocycles. The summed E-state index contributed by atoms with van der Waals surface area (Å²) in [6.45, 7) is 2.22. The van der Waals surface area contributed by atoms with Crippen LogP contribution < -0.4 is 5.56 Å². The summed E-state index contributed by atoms with van der Waals surface area (Å²) in [7, 11) is 3.38. The van der Waals surface area contributed by atoms with Crippen LogP contribution in [0, 0.1) is 17.2 Å². The first-order chi connectivity index (χ1) is 15.6. The van der Waals surface area contributed by atoms with E-state index in [1.165, 1.54) is 9.78 Å². The van der Waals surface area contributed by atoms with E-state index in [9.17, 15) is 20.0 Å². The molecule has 1 unspecified atom stereocenters. The summed E-state index contributed by atoms with van der Waals surface area (Å²) in [5.74, 6) is 0.953. The third kappa shape index (κ3) is 5.72. The van der Waals surface area contributed by atoms with Crippen LogP contribution >= 0.6 is 43.2 Å². The number of H-pyrrole nitrogens is 1. The lowest BCUT2D eigenvalue weighted by molar-refractivity contribution is -0.115. The first kappa shape index (κ1) is 25.1. The number of fused-ring (bicyclic) bond motifs is 3. The maximum absolute atomic E-state index is 12.8. The zero-order valence-corrected chi connectivity index (χ0v) is 22.3. The van der Waals surface area contributed by atoms with Crippen LogP contribution in [-0.4, -0.2) is 40.5 Å². The number of rotatable bonds is 3. The molecule has 33 heavy (non-hydrogen) atoms. The molecule has 3 aromatic rings. The molecule has 10 heteroatoms. The molecule has 1 aliphatic carbocycles. The van der Waals surface area contributed by atoms with Gasteiger partial charge in [-0.05, 0) is 86.4 Å². The Balaban J connectivity index is 0.000000555. The number of phenols is 1. The Bertz CT molecular complexity index is 1310. The number of phenolic OH excluding ortho intramolecular Hbond substituents is 1. The minimum Gasteiger partial charge on any atom is -0.506 e. The van der Waals surface area contributed by atoms with Crippen LogP contribution in [-0.2, 0) is 17.6 Å². The third-order valence-corrected chi connectivity index (χ3v) is 7.46. The molecule has 172 valence electrons. The Hall–Kier alpha value is -2.48. The number of thiophene rings is 1. The second kappa shape index (κ2) is 10.6. The number of aromatic nitrogens is 2. The van der Waals surface area contributed by atoms with Gasteiger partial charge in [-0.15, -0.1) is 11.3 Å². The Morgan fingerprint density at radius 2 is 2.00 bits per heavy atom. The van der Waals surface area contributed by atoms with Crippen LogP contribution in [0.25, 0.3) is 21.9 Å². The lowest BCUT2D eigenvalue weighted by Gasteiger charge is -2.17.